The molecule has 1 aliphatic carbocycles. The zero-order chi connectivity index (χ0) is 16.4. The summed E-state index contributed by atoms with van der Waals surface area (Å²) in [5.74, 6) is 0.452. The van der Waals surface area contributed by atoms with Crippen LogP contribution < -0.4 is 9.47 Å². The Balaban J connectivity index is 1.83. The molecule has 1 fully saturated rings. The highest BCUT2D eigenvalue weighted by Crippen LogP contribution is 2.39. The van der Waals surface area contributed by atoms with Gasteiger partial charge < -0.3 is 14.6 Å². The molecule has 1 heterocycles. The molecular weight excluding hydrogens is 318 g/mol. The molecule has 6 heteroatoms. The average molecular weight is 340 g/mol. The Labute approximate surface area is 141 Å². The molecule has 2 aliphatic rings. The van der Waals surface area contributed by atoms with Gasteiger partial charge in [0.2, 0.25) is 0 Å². The van der Waals surface area contributed by atoms with E-state index in [1.807, 2.05) is 17.0 Å². The monoisotopic (exact) mass is 339 g/mol. The van der Waals surface area contributed by atoms with Gasteiger partial charge in [0.15, 0.2) is 11.5 Å². The van der Waals surface area contributed by atoms with Crippen LogP contribution >= 0.6 is 11.6 Å². The molecule has 0 bridgehead atoms. The van der Waals surface area contributed by atoms with E-state index in [0.29, 0.717) is 42.3 Å². The Bertz CT molecular complexity index is 588. The summed E-state index contributed by atoms with van der Waals surface area (Å²) in [5, 5.41) is 9.89. The molecule has 1 N–H and O–H groups in total. The number of carboxylic acids is 1. The molecule has 0 saturated heterocycles. The number of halogens is 1. The topological polar surface area (TPSA) is 59.0 Å². The van der Waals surface area contributed by atoms with Crippen LogP contribution in [0.5, 0.6) is 11.5 Å². The number of rotatable bonds is 5. The van der Waals surface area contributed by atoms with Crippen LogP contribution in [0.3, 0.4) is 0 Å². The third-order valence-corrected chi connectivity index (χ3v) is 4.91. The van der Waals surface area contributed by atoms with Gasteiger partial charge >= 0.3 is 5.97 Å². The van der Waals surface area contributed by atoms with Crippen LogP contribution in [0.1, 0.15) is 38.2 Å². The van der Waals surface area contributed by atoms with Gasteiger partial charge in [-0.15, -0.1) is 0 Å². The van der Waals surface area contributed by atoms with Gasteiger partial charge in [-0.2, -0.15) is 0 Å². The summed E-state index contributed by atoms with van der Waals surface area (Å²) in [7, 11) is 0. The van der Waals surface area contributed by atoms with E-state index < -0.39 is 12.0 Å². The number of benzene rings is 1. The largest absolute Gasteiger partial charge is 0.489 e. The van der Waals surface area contributed by atoms with Gasteiger partial charge in [-0.25, -0.2) is 0 Å². The molecule has 1 saturated carbocycles. The molecule has 0 radical (unpaired) electrons. The van der Waals surface area contributed by atoms with Crippen LogP contribution in [-0.4, -0.2) is 41.3 Å². The van der Waals surface area contributed by atoms with Crippen molar-refractivity contribution >= 4 is 17.6 Å². The average Bonchev–Trinajstić information content (AvgIpc) is 2.69. The van der Waals surface area contributed by atoms with Gasteiger partial charge in [0.05, 0.1) is 18.2 Å². The summed E-state index contributed by atoms with van der Waals surface area (Å²) >= 11 is 6.33. The van der Waals surface area contributed by atoms with Crippen molar-refractivity contribution in [2.24, 2.45) is 0 Å². The maximum Gasteiger partial charge on any atom is 0.320 e. The first-order valence-corrected chi connectivity index (χ1v) is 8.50. The highest BCUT2D eigenvalue weighted by Gasteiger charge is 2.32. The quantitative estimate of drug-likeness (QED) is 0.891. The fourth-order valence-electron chi connectivity index (χ4n) is 3.03. The van der Waals surface area contributed by atoms with Crippen molar-refractivity contribution in [3.8, 4) is 11.5 Å². The lowest BCUT2D eigenvalue weighted by Gasteiger charge is -2.40. The Hall–Kier alpha value is -1.46. The maximum atomic E-state index is 11.4. The predicted molar refractivity (Wildman–Crippen MR) is 87.3 cm³/mol. The predicted octanol–water partition coefficient (Wildman–Crippen LogP) is 3.33. The van der Waals surface area contributed by atoms with Crippen molar-refractivity contribution in [3.05, 3.63) is 22.7 Å². The fraction of sp³-hybridized carbons (Fsp3) is 0.588. The van der Waals surface area contributed by atoms with Crippen LogP contribution in [0.4, 0.5) is 0 Å². The van der Waals surface area contributed by atoms with E-state index in [4.69, 9.17) is 21.1 Å². The summed E-state index contributed by atoms with van der Waals surface area (Å²) in [6, 6.07) is 3.59. The van der Waals surface area contributed by atoms with E-state index in [1.165, 1.54) is 0 Å². The van der Waals surface area contributed by atoms with Gasteiger partial charge in [-0.1, -0.05) is 18.0 Å². The van der Waals surface area contributed by atoms with Crippen LogP contribution in [0, 0.1) is 0 Å². The van der Waals surface area contributed by atoms with Crippen LogP contribution in [0.25, 0.3) is 0 Å². The zero-order valence-electron chi connectivity index (χ0n) is 13.3. The molecule has 23 heavy (non-hydrogen) atoms. The molecule has 1 aromatic carbocycles. The zero-order valence-corrected chi connectivity index (χ0v) is 14.0. The van der Waals surface area contributed by atoms with E-state index in [-0.39, 0.29) is 0 Å². The summed E-state index contributed by atoms with van der Waals surface area (Å²) < 4.78 is 11.4. The third-order valence-electron chi connectivity index (χ3n) is 4.63. The van der Waals surface area contributed by atoms with Gasteiger partial charge in [0.1, 0.15) is 6.04 Å². The summed E-state index contributed by atoms with van der Waals surface area (Å²) in [6.45, 7) is 3.49. The minimum Gasteiger partial charge on any atom is -0.489 e. The van der Waals surface area contributed by atoms with Crippen molar-refractivity contribution in [3.63, 3.8) is 0 Å². The second-order valence-electron chi connectivity index (χ2n) is 6.23. The minimum atomic E-state index is -0.794. The number of hydrogen-bond acceptors (Lipinski definition) is 4. The van der Waals surface area contributed by atoms with Crippen LogP contribution in [0.2, 0.25) is 5.02 Å². The van der Waals surface area contributed by atoms with Crippen molar-refractivity contribution in [1.82, 2.24) is 4.90 Å². The number of ether oxygens (including phenoxy) is 2. The Morgan fingerprint density at radius 3 is 2.74 bits per heavy atom. The lowest BCUT2D eigenvalue weighted by atomic mass is 9.90. The molecule has 0 amide bonds. The van der Waals surface area contributed by atoms with E-state index >= 15 is 0 Å². The summed E-state index contributed by atoms with van der Waals surface area (Å²) in [6.07, 6.45) is 4.09. The molecule has 1 aromatic rings. The van der Waals surface area contributed by atoms with Gasteiger partial charge in [0, 0.05) is 19.0 Å². The molecule has 126 valence electrons. The number of hydrogen-bond donors (Lipinski definition) is 1. The number of nitrogens with zero attached hydrogens (tertiary/aromatic N) is 1. The molecule has 0 aromatic heterocycles. The minimum absolute atomic E-state index is 0.329. The smallest absolute Gasteiger partial charge is 0.320 e. The lowest BCUT2D eigenvalue weighted by Crippen LogP contribution is -2.48. The standard InChI is InChI=1S/C17H22ClNO4/c1-11(17(20)21)19(13-4-2-5-13)10-12-8-14(18)16-15(9-12)22-6-3-7-23-16/h8-9,11,13H,2-7,10H2,1H3,(H,20,21). The molecule has 1 aliphatic heterocycles. The molecular formula is C17H22ClNO4. The van der Waals surface area contributed by atoms with Crippen molar-refractivity contribution < 1.29 is 19.4 Å². The summed E-state index contributed by atoms with van der Waals surface area (Å²) in [4.78, 5) is 13.5. The van der Waals surface area contributed by atoms with Gasteiger partial charge in [-0.05, 0) is 37.5 Å². The highest BCUT2D eigenvalue weighted by molar-refractivity contribution is 6.32. The molecule has 1 unspecified atom stereocenters. The van der Waals surface area contributed by atoms with Crippen molar-refractivity contribution in [2.75, 3.05) is 13.2 Å². The maximum absolute atomic E-state index is 11.4. The summed E-state index contributed by atoms with van der Waals surface area (Å²) in [5.41, 5.74) is 0.958. The number of carbonyl (C=O) groups is 1. The SMILES string of the molecule is CC(C(=O)O)N(Cc1cc(Cl)c2c(c1)OCCCO2)C1CCC1. The normalized spacial score (nSPS) is 19.1. The lowest BCUT2D eigenvalue weighted by molar-refractivity contribution is -0.144. The van der Waals surface area contributed by atoms with Gasteiger partial charge in [0.25, 0.3) is 0 Å². The fourth-order valence-corrected chi connectivity index (χ4v) is 3.32. The van der Waals surface area contributed by atoms with E-state index in [9.17, 15) is 9.90 Å². The highest BCUT2D eigenvalue weighted by atomic mass is 35.5. The molecule has 5 nitrogen and oxygen atoms in total. The van der Waals surface area contributed by atoms with Gasteiger partial charge in [-0.3, -0.25) is 9.69 Å². The molecule has 1 atom stereocenters. The Morgan fingerprint density at radius 1 is 1.35 bits per heavy atom. The third kappa shape index (κ3) is 3.56. The first-order valence-electron chi connectivity index (χ1n) is 8.13. The van der Waals surface area contributed by atoms with E-state index in [1.54, 1.807) is 6.92 Å². The second kappa shape index (κ2) is 6.97. The van der Waals surface area contributed by atoms with Crippen molar-refractivity contribution in [2.45, 2.75) is 51.2 Å². The Kier molecular flexibility index (Phi) is 4.97. The van der Waals surface area contributed by atoms with Crippen LogP contribution in [0.15, 0.2) is 12.1 Å². The Morgan fingerprint density at radius 2 is 2.09 bits per heavy atom. The molecule has 3 rings (SSSR count). The number of carboxylic acid groups (broad SMARTS) is 1. The van der Waals surface area contributed by atoms with Crippen LogP contribution in [-0.2, 0) is 11.3 Å². The molecule has 0 spiro atoms. The number of fused-ring (bicyclic) bond motifs is 1. The van der Waals surface area contributed by atoms with Crippen molar-refractivity contribution in [1.29, 1.82) is 0 Å². The first-order chi connectivity index (χ1) is 11.1. The van der Waals surface area contributed by atoms with E-state index in [0.717, 1.165) is 31.2 Å². The first kappa shape index (κ1) is 16.4. The van der Waals surface area contributed by atoms with E-state index in [2.05, 4.69) is 0 Å². The second-order valence-corrected chi connectivity index (χ2v) is 6.63. The number of aliphatic carboxylic acids is 1.